The van der Waals surface area contributed by atoms with Crippen molar-refractivity contribution in [3.63, 3.8) is 0 Å². The summed E-state index contributed by atoms with van der Waals surface area (Å²) in [7, 11) is -3.51. The fourth-order valence-electron chi connectivity index (χ4n) is 3.40. The molecule has 0 unspecified atom stereocenters. The molecule has 0 saturated carbocycles. The molecule has 1 fully saturated rings. The zero-order valence-corrected chi connectivity index (χ0v) is 17.5. The zero-order valence-electron chi connectivity index (χ0n) is 16.7. The molecule has 0 atom stereocenters. The van der Waals surface area contributed by atoms with Crippen molar-refractivity contribution in [1.82, 2.24) is 19.4 Å². The summed E-state index contributed by atoms with van der Waals surface area (Å²) in [6, 6.07) is 12.3. The van der Waals surface area contributed by atoms with E-state index in [0.29, 0.717) is 30.1 Å². The molecule has 1 N–H and O–H groups in total. The van der Waals surface area contributed by atoms with E-state index in [9.17, 15) is 18.0 Å². The van der Waals surface area contributed by atoms with Crippen LogP contribution >= 0.6 is 0 Å². The van der Waals surface area contributed by atoms with Crippen molar-refractivity contribution in [3.05, 3.63) is 70.7 Å². The summed E-state index contributed by atoms with van der Waals surface area (Å²) in [6.07, 6.45) is 3.25. The van der Waals surface area contributed by atoms with Crippen molar-refractivity contribution in [2.45, 2.75) is 24.3 Å². The molecule has 1 aromatic carbocycles. The Hall–Kier alpha value is -3.24. The molecule has 1 aliphatic rings. The van der Waals surface area contributed by atoms with Crippen LogP contribution in [-0.2, 0) is 16.6 Å². The number of benzene rings is 1. The fourth-order valence-corrected chi connectivity index (χ4v) is 4.92. The standard InChI is InChI=1S/C21H22N4O5S/c26-20-10-9-18(19-4-3-15-30-19)23-25(20)14-11-22-21(27)16-5-7-17(8-6-16)31(28,29)24-12-1-2-13-24/h3-10,15H,1-2,11-14H2,(H,22,27). The van der Waals surface area contributed by atoms with Gasteiger partial charge in [0.05, 0.1) is 17.7 Å². The molecular weight excluding hydrogens is 420 g/mol. The molecule has 0 radical (unpaired) electrons. The minimum absolute atomic E-state index is 0.177. The first-order chi connectivity index (χ1) is 14.9. The first kappa shape index (κ1) is 21.0. The fraction of sp³-hybridized carbons (Fsp3) is 0.286. The molecule has 0 aliphatic carbocycles. The predicted molar refractivity (Wildman–Crippen MR) is 113 cm³/mol. The van der Waals surface area contributed by atoms with E-state index in [0.717, 1.165) is 12.8 Å². The number of sulfonamides is 1. The van der Waals surface area contributed by atoms with Gasteiger partial charge in [0, 0.05) is 31.3 Å². The molecule has 2 aromatic heterocycles. The van der Waals surface area contributed by atoms with Crippen molar-refractivity contribution >= 4 is 15.9 Å². The number of amides is 1. The lowest BCUT2D eigenvalue weighted by Crippen LogP contribution is -2.32. The van der Waals surface area contributed by atoms with Crippen LogP contribution in [0.25, 0.3) is 11.5 Å². The summed E-state index contributed by atoms with van der Waals surface area (Å²) < 4.78 is 33.1. The number of rotatable bonds is 7. The average molecular weight is 442 g/mol. The van der Waals surface area contributed by atoms with Gasteiger partial charge in [-0.15, -0.1) is 0 Å². The van der Waals surface area contributed by atoms with Crippen molar-refractivity contribution in [2.75, 3.05) is 19.6 Å². The maximum atomic E-state index is 12.6. The molecule has 31 heavy (non-hydrogen) atoms. The highest BCUT2D eigenvalue weighted by atomic mass is 32.2. The second-order valence-electron chi connectivity index (χ2n) is 7.15. The molecule has 3 heterocycles. The van der Waals surface area contributed by atoms with Crippen LogP contribution in [-0.4, -0.2) is 48.0 Å². The Balaban J connectivity index is 1.37. The Morgan fingerprint density at radius 2 is 1.81 bits per heavy atom. The second kappa shape index (κ2) is 8.86. The van der Waals surface area contributed by atoms with Crippen molar-refractivity contribution in [2.24, 2.45) is 0 Å². The van der Waals surface area contributed by atoms with Gasteiger partial charge in [-0.1, -0.05) is 0 Å². The summed E-state index contributed by atoms with van der Waals surface area (Å²) in [5.41, 5.74) is 0.566. The van der Waals surface area contributed by atoms with E-state index < -0.39 is 10.0 Å². The molecule has 10 heteroatoms. The largest absolute Gasteiger partial charge is 0.463 e. The van der Waals surface area contributed by atoms with Crippen LogP contribution in [0.4, 0.5) is 0 Å². The van der Waals surface area contributed by atoms with E-state index in [1.807, 2.05) is 0 Å². The van der Waals surface area contributed by atoms with Gasteiger partial charge in [0.1, 0.15) is 5.69 Å². The van der Waals surface area contributed by atoms with E-state index in [1.165, 1.54) is 45.6 Å². The molecule has 3 aromatic rings. The van der Waals surface area contributed by atoms with Gasteiger partial charge in [0.25, 0.3) is 11.5 Å². The van der Waals surface area contributed by atoms with Crippen LogP contribution in [0.3, 0.4) is 0 Å². The van der Waals surface area contributed by atoms with Gasteiger partial charge in [0.2, 0.25) is 10.0 Å². The van der Waals surface area contributed by atoms with Crippen LogP contribution in [0.2, 0.25) is 0 Å². The van der Waals surface area contributed by atoms with Crippen molar-refractivity contribution in [1.29, 1.82) is 0 Å². The highest BCUT2D eigenvalue weighted by Gasteiger charge is 2.27. The van der Waals surface area contributed by atoms with Crippen LogP contribution in [0, 0.1) is 0 Å². The van der Waals surface area contributed by atoms with E-state index >= 15 is 0 Å². The molecule has 0 bridgehead atoms. The number of nitrogens with zero attached hydrogens (tertiary/aromatic N) is 3. The molecule has 9 nitrogen and oxygen atoms in total. The molecule has 1 amide bonds. The quantitative estimate of drug-likeness (QED) is 0.596. The van der Waals surface area contributed by atoms with E-state index in [2.05, 4.69) is 10.4 Å². The number of furan rings is 1. The SMILES string of the molecule is O=C(NCCn1nc(-c2ccco2)ccc1=O)c1ccc(S(=O)(=O)N2CCCC2)cc1. The lowest BCUT2D eigenvalue weighted by atomic mass is 10.2. The van der Waals surface area contributed by atoms with Gasteiger partial charge in [-0.05, 0) is 55.3 Å². The van der Waals surface area contributed by atoms with Crippen LogP contribution in [0.1, 0.15) is 23.2 Å². The van der Waals surface area contributed by atoms with Crippen molar-refractivity contribution in [3.8, 4) is 11.5 Å². The maximum Gasteiger partial charge on any atom is 0.266 e. The smallest absolute Gasteiger partial charge is 0.266 e. The molecule has 0 spiro atoms. The topological polar surface area (TPSA) is 115 Å². The zero-order chi connectivity index (χ0) is 21.8. The van der Waals surface area contributed by atoms with Crippen LogP contribution < -0.4 is 10.9 Å². The normalized spacial score (nSPS) is 14.6. The molecule has 1 aliphatic heterocycles. The van der Waals surface area contributed by atoms with E-state index in [1.54, 1.807) is 18.2 Å². The van der Waals surface area contributed by atoms with Gasteiger partial charge in [-0.3, -0.25) is 9.59 Å². The Labute approximate surface area is 179 Å². The number of carbonyl (C=O) groups excluding carboxylic acids is 1. The number of aromatic nitrogens is 2. The van der Waals surface area contributed by atoms with Gasteiger partial charge < -0.3 is 9.73 Å². The third-order valence-corrected chi connectivity index (χ3v) is 6.98. The van der Waals surface area contributed by atoms with Gasteiger partial charge in [-0.2, -0.15) is 9.40 Å². The molecule has 4 rings (SSSR count). The van der Waals surface area contributed by atoms with Gasteiger partial charge >= 0.3 is 0 Å². The van der Waals surface area contributed by atoms with Crippen LogP contribution in [0.5, 0.6) is 0 Å². The second-order valence-corrected chi connectivity index (χ2v) is 9.09. The summed E-state index contributed by atoms with van der Waals surface area (Å²) in [5.74, 6) is 0.183. The predicted octanol–water partition coefficient (Wildman–Crippen LogP) is 1.72. The number of carbonyl (C=O) groups is 1. The van der Waals surface area contributed by atoms with E-state index in [-0.39, 0.29) is 29.5 Å². The number of hydrogen-bond donors (Lipinski definition) is 1. The first-order valence-electron chi connectivity index (χ1n) is 9.95. The van der Waals surface area contributed by atoms with Gasteiger partial charge in [0.15, 0.2) is 5.76 Å². The Bertz CT molecular complexity index is 1210. The summed E-state index contributed by atoms with van der Waals surface area (Å²) in [5, 5.41) is 6.97. The third kappa shape index (κ3) is 4.59. The number of nitrogens with one attached hydrogen (secondary N) is 1. The van der Waals surface area contributed by atoms with Gasteiger partial charge in [-0.25, -0.2) is 13.1 Å². The number of hydrogen-bond acceptors (Lipinski definition) is 6. The average Bonchev–Trinajstić information content (AvgIpc) is 3.50. The maximum absolute atomic E-state index is 12.6. The minimum Gasteiger partial charge on any atom is -0.463 e. The monoisotopic (exact) mass is 442 g/mol. The third-order valence-electron chi connectivity index (χ3n) is 5.07. The highest BCUT2D eigenvalue weighted by molar-refractivity contribution is 7.89. The minimum atomic E-state index is -3.51. The summed E-state index contributed by atoms with van der Waals surface area (Å²) >= 11 is 0. The Kier molecular flexibility index (Phi) is 6.01. The van der Waals surface area contributed by atoms with Crippen LogP contribution in [0.15, 0.2) is 68.9 Å². The van der Waals surface area contributed by atoms with E-state index in [4.69, 9.17) is 4.42 Å². The molecule has 162 valence electrons. The summed E-state index contributed by atoms with van der Waals surface area (Å²) in [6.45, 7) is 1.42. The lowest BCUT2D eigenvalue weighted by Gasteiger charge is -2.15. The first-order valence-corrected chi connectivity index (χ1v) is 11.4. The molecule has 1 saturated heterocycles. The Morgan fingerprint density at radius 3 is 2.48 bits per heavy atom. The lowest BCUT2D eigenvalue weighted by molar-refractivity contribution is 0.0951. The van der Waals surface area contributed by atoms with Crippen molar-refractivity contribution < 1.29 is 17.6 Å². The summed E-state index contributed by atoms with van der Waals surface area (Å²) in [4.78, 5) is 24.6. The highest BCUT2D eigenvalue weighted by Crippen LogP contribution is 2.21. The molecular formula is C21H22N4O5S. The Morgan fingerprint density at radius 1 is 1.06 bits per heavy atom.